The summed E-state index contributed by atoms with van der Waals surface area (Å²) in [7, 11) is 5.14. The monoisotopic (exact) mass is 496 g/mol. The molecule has 1 aromatic heterocycles. The Labute approximate surface area is 173 Å². The van der Waals surface area contributed by atoms with Crippen molar-refractivity contribution in [2.75, 3.05) is 21.2 Å². The van der Waals surface area contributed by atoms with Crippen LogP contribution in [0.2, 0.25) is 0 Å². The van der Waals surface area contributed by atoms with Crippen molar-refractivity contribution in [1.29, 1.82) is 0 Å². The summed E-state index contributed by atoms with van der Waals surface area (Å²) < 4.78 is 32.2. The van der Waals surface area contributed by atoms with Gasteiger partial charge < -0.3 is 15.0 Å². The summed E-state index contributed by atoms with van der Waals surface area (Å²) in [6.07, 6.45) is -0.0440. The number of methoxy groups -OCH3 is 1. The van der Waals surface area contributed by atoms with Gasteiger partial charge in [0.1, 0.15) is 22.7 Å². The van der Waals surface area contributed by atoms with E-state index >= 15 is 0 Å². The second kappa shape index (κ2) is 10.7. The summed E-state index contributed by atoms with van der Waals surface area (Å²) in [6, 6.07) is 3.39. The van der Waals surface area contributed by atoms with Crippen molar-refractivity contribution >= 4 is 41.3 Å². The largest absolute Gasteiger partial charge is 0.375 e. The SMILES string of the molecule is CN=C(NCc1cc(F)ccc1F)N(C)Cc1csc(C(C)OC)n1.I. The highest BCUT2D eigenvalue weighted by molar-refractivity contribution is 14.0. The molecule has 1 N–H and O–H groups in total. The fourth-order valence-electron chi connectivity index (χ4n) is 2.24. The molecule has 9 heteroatoms. The molecule has 0 saturated heterocycles. The second-order valence-electron chi connectivity index (χ2n) is 5.55. The number of aliphatic imine (C=N–C) groups is 1. The summed E-state index contributed by atoms with van der Waals surface area (Å²) in [5, 5.41) is 5.92. The number of benzene rings is 1. The topological polar surface area (TPSA) is 49.8 Å². The molecule has 0 aliphatic heterocycles. The molecule has 0 bridgehead atoms. The van der Waals surface area contributed by atoms with E-state index in [4.69, 9.17) is 4.74 Å². The number of nitrogens with zero attached hydrogens (tertiary/aromatic N) is 3. The summed E-state index contributed by atoms with van der Waals surface area (Å²) >= 11 is 1.54. The van der Waals surface area contributed by atoms with Crippen LogP contribution in [0.15, 0.2) is 28.6 Å². The molecule has 1 atom stereocenters. The molecular weight excluding hydrogens is 473 g/mol. The molecule has 2 aromatic rings. The van der Waals surface area contributed by atoms with Crippen molar-refractivity contribution in [2.24, 2.45) is 4.99 Å². The summed E-state index contributed by atoms with van der Waals surface area (Å²) in [5.41, 5.74) is 1.14. The molecule has 2 rings (SSSR count). The quantitative estimate of drug-likeness (QED) is 0.374. The molecule has 1 aromatic carbocycles. The Kier molecular flexibility index (Phi) is 9.37. The van der Waals surface area contributed by atoms with Crippen LogP contribution < -0.4 is 5.32 Å². The number of hydrogen-bond acceptors (Lipinski definition) is 4. The molecule has 0 radical (unpaired) electrons. The predicted octanol–water partition coefficient (Wildman–Crippen LogP) is 3.95. The first-order valence-electron chi connectivity index (χ1n) is 7.77. The fourth-order valence-corrected chi connectivity index (χ4v) is 3.08. The molecular formula is C17H23F2IN4OS. The Morgan fingerprint density at radius 1 is 1.42 bits per heavy atom. The van der Waals surface area contributed by atoms with Crippen molar-refractivity contribution < 1.29 is 13.5 Å². The first-order valence-corrected chi connectivity index (χ1v) is 8.65. The molecule has 1 unspecified atom stereocenters. The first-order chi connectivity index (χ1) is 11.9. The molecule has 1 heterocycles. The van der Waals surface area contributed by atoms with Crippen molar-refractivity contribution in [3.63, 3.8) is 0 Å². The normalized spacial score (nSPS) is 12.5. The van der Waals surface area contributed by atoms with E-state index in [0.717, 1.165) is 22.8 Å². The van der Waals surface area contributed by atoms with Gasteiger partial charge in [0.2, 0.25) is 0 Å². The summed E-state index contributed by atoms with van der Waals surface area (Å²) in [4.78, 5) is 10.6. The van der Waals surface area contributed by atoms with Crippen LogP contribution in [0.25, 0.3) is 0 Å². The number of rotatable bonds is 6. The van der Waals surface area contributed by atoms with Gasteiger partial charge in [0.25, 0.3) is 0 Å². The van der Waals surface area contributed by atoms with Gasteiger partial charge in [-0.15, -0.1) is 35.3 Å². The molecule has 0 aliphatic rings. The van der Waals surface area contributed by atoms with Crippen molar-refractivity contribution in [1.82, 2.24) is 15.2 Å². The summed E-state index contributed by atoms with van der Waals surface area (Å²) in [6.45, 7) is 2.63. The molecule has 144 valence electrons. The zero-order valence-corrected chi connectivity index (χ0v) is 18.3. The predicted molar refractivity (Wildman–Crippen MR) is 111 cm³/mol. The molecule has 0 fully saturated rings. The molecule has 0 spiro atoms. The lowest BCUT2D eigenvalue weighted by Crippen LogP contribution is -2.38. The van der Waals surface area contributed by atoms with Gasteiger partial charge in [-0.05, 0) is 25.1 Å². The average Bonchev–Trinajstić information content (AvgIpc) is 3.06. The van der Waals surface area contributed by atoms with Gasteiger partial charge in [0.05, 0.1) is 12.2 Å². The number of thiazole rings is 1. The van der Waals surface area contributed by atoms with Crippen LogP contribution in [0.4, 0.5) is 8.78 Å². The maximum absolute atomic E-state index is 13.7. The number of halogens is 3. The van der Waals surface area contributed by atoms with Gasteiger partial charge in [-0.3, -0.25) is 4.99 Å². The molecule has 0 saturated carbocycles. The highest BCUT2D eigenvalue weighted by atomic mass is 127. The Balaban J connectivity index is 0.00000338. The lowest BCUT2D eigenvalue weighted by atomic mass is 10.2. The van der Waals surface area contributed by atoms with E-state index in [1.54, 1.807) is 25.5 Å². The third kappa shape index (κ3) is 6.13. The van der Waals surface area contributed by atoms with Gasteiger partial charge in [-0.2, -0.15) is 0 Å². The van der Waals surface area contributed by atoms with Crippen LogP contribution in [0.1, 0.15) is 29.3 Å². The van der Waals surface area contributed by atoms with E-state index in [-0.39, 0.29) is 42.2 Å². The Hall–Kier alpha value is -1.33. The minimum Gasteiger partial charge on any atom is -0.375 e. The van der Waals surface area contributed by atoms with Crippen LogP contribution in [0, 0.1) is 11.6 Å². The van der Waals surface area contributed by atoms with Crippen molar-refractivity contribution in [3.05, 3.63) is 51.5 Å². The van der Waals surface area contributed by atoms with E-state index in [1.807, 2.05) is 24.3 Å². The molecule has 0 amide bonds. The van der Waals surface area contributed by atoms with Gasteiger partial charge in [-0.25, -0.2) is 13.8 Å². The van der Waals surface area contributed by atoms with Crippen LogP contribution in [0.3, 0.4) is 0 Å². The molecule has 5 nitrogen and oxygen atoms in total. The number of aromatic nitrogens is 1. The highest BCUT2D eigenvalue weighted by Crippen LogP contribution is 2.21. The zero-order chi connectivity index (χ0) is 18.4. The lowest BCUT2D eigenvalue weighted by Gasteiger charge is -2.21. The zero-order valence-electron chi connectivity index (χ0n) is 15.1. The fraction of sp³-hybridized carbons (Fsp3) is 0.412. The number of nitrogens with one attached hydrogen (secondary N) is 1. The van der Waals surface area contributed by atoms with Crippen LogP contribution in [-0.4, -0.2) is 37.0 Å². The second-order valence-corrected chi connectivity index (χ2v) is 6.44. The Bertz CT molecular complexity index is 741. The number of hydrogen-bond donors (Lipinski definition) is 1. The highest BCUT2D eigenvalue weighted by Gasteiger charge is 2.13. The Morgan fingerprint density at radius 2 is 2.15 bits per heavy atom. The number of ether oxygens (including phenoxy) is 1. The van der Waals surface area contributed by atoms with Crippen LogP contribution in [-0.2, 0) is 17.8 Å². The van der Waals surface area contributed by atoms with E-state index in [1.165, 1.54) is 6.07 Å². The molecule has 0 aliphatic carbocycles. The lowest BCUT2D eigenvalue weighted by molar-refractivity contribution is 0.119. The van der Waals surface area contributed by atoms with E-state index in [9.17, 15) is 8.78 Å². The van der Waals surface area contributed by atoms with Crippen molar-refractivity contribution in [2.45, 2.75) is 26.1 Å². The van der Waals surface area contributed by atoms with Crippen molar-refractivity contribution in [3.8, 4) is 0 Å². The smallest absolute Gasteiger partial charge is 0.194 e. The van der Waals surface area contributed by atoms with Crippen LogP contribution >= 0.6 is 35.3 Å². The third-order valence-corrected chi connectivity index (χ3v) is 4.74. The average molecular weight is 496 g/mol. The number of guanidine groups is 1. The molecule has 26 heavy (non-hydrogen) atoms. The van der Waals surface area contributed by atoms with Gasteiger partial charge >= 0.3 is 0 Å². The van der Waals surface area contributed by atoms with Gasteiger partial charge in [0.15, 0.2) is 5.96 Å². The van der Waals surface area contributed by atoms with E-state index in [2.05, 4.69) is 15.3 Å². The third-order valence-electron chi connectivity index (χ3n) is 3.69. The minimum absolute atomic E-state index is 0. The first kappa shape index (κ1) is 22.7. The van der Waals surface area contributed by atoms with Gasteiger partial charge in [-0.1, -0.05) is 0 Å². The minimum atomic E-state index is -0.469. The van der Waals surface area contributed by atoms with E-state index in [0.29, 0.717) is 12.5 Å². The maximum Gasteiger partial charge on any atom is 0.194 e. The standard InChI is InChI=1S/C17H22F2N4OS.HI/c1-11(24-4)16-22-14(10-25-16)9-23(3)17(20-2)21-8-12-7-13(18)5-6-15(12)19;/h5-7,10-11H,8-9H2,1-4H3,(H,20,21);1H. The van der Waals surface area contributed by atoms with Crippen LogP contribution in [0.5, 0.6) is 0 Å². The van der Waals surface area contributed by atoms with Gasteiger partial charge in [0, 0.05) is 38.7 Å². The maximum atomic E-state index is 13.7. The Morgan fingerprint density at radius 3 is 2.81 bits per heavy atom. The van der Waals surface area contributed by atoms with E-state index < -0.39 is 11.6 Å². The summed E-state index contributed by atoms with van der Waals surface area (Å²) in [5.74, 6) is -0.355.